The molecule has 0 saturated carbocycles. The van der Waals surface area contributed by atoms with E-state index in [1.165, 1.54) is 0 Å². The quantitative estimate of drug-likeness (QED) is 0.165. The number of carbonyl (C=O) groups is 1. The van der Waals surface area contributed by atoms with E-state index in [1.54, 1.807) is 0 Å². The van der Waals surface area contributed by atoms with Crippen LogP contribution in [0.25, 0.3) is 0 Å². The highest BCUT2D eigenvalue weighted by atomic mass is 32.2. The van der Waals surface area contributed by atoms with E-state index in [1.807, 2.05) is 0 Å². The van der Waals surface area contributed by atoms with Gasteiger partial charge in [0.25, 0.3) is 30.4 Å². The van der Waals surface area contributed by atoms with Crippen molar-refractivity contribution in [2.24, 2.45) is 0 Å². The summed E-state index contributed by atoms with van der Waals surface area (Å²) in [5.74, 6) is -3.88. The fourth-order valence-electron chi connectivity index (χ4n) is 2.32. The van der Waals surface area contributed by atoms with Gasteiger partial charge in [-0.05, 0) is 31.4 Å². The summed E-state index contributed by atoms with van der Waals surface area (Å²) >= 11 is 0. The third-order valence-electron chi connectivity index (χ3n) is 3.67. The van der Waals surface area contributed by atoms with Crippen LogP contribution in [0.4, 0.5) is 0 Å². The van der Waals surface area contributed by atoms with Crippen molar-refractivity contribution in [1.82, 2.24) is 0 Å². The number of hydrogen-bond donors (Lipinski definition) is 4. The molecule has 0 aliphatic rings. The van der Waals surface area contributed by atoms with E-state index < -0.39 is 53.6 Å². The van der Waals surface area contributed by atoms with Crippen LogP contribution in [0.5, 0.6) is 17.2 Å². The summed E-state index contributed by atoms with van der Waals surface area (Å²) in [6, 6.07) is 2.08. The molecule has 0 amide bonds. The molecule has 14 nitrogen and oxygen atoms in total. The van der Waals surface area contributed by atoms with Gasteiger partial charge >= 0.3 is 5.97 Å². The highest BCUT2D eigenvalue weighted by Gasteiger charge is 2.20. The van der Waals surface area contributed by atoms with Crippen LogP contribution in [0.1, 0.15) is 29.6 Å². The van der Waals surface area contributed by atoms with Crippen molar-refractivity contribution in [3.63, 3.8) is 0 Å². The van der Waals surface area contributed by atoms with Gasteiger partial charge in [0.15, 0.2) is 11.5 Å². The van der Waals surface area contributed by atoms with Crippen LogP contribution in [0, 0.1) is 0 Å². The number of carboxylic acids is 1. The van der Waals surface area contributed by atoms with Crippen LogP contribution < -0.4 is 14.2 Å². The minimum atomic E-state index is -4.26. The van der Waals surface area contributed by atoms with E-state index in [-0.39, 0.29) is 61.9 Å². The molecular weight excluding hydrogens is 512 g/mol. The van der Waals surface area contributed by atoms with E-state index >= 15 is 0 Å². The van der Waals surface area contributed by atoms with Gasteiger partial charge in [-0.1, -0.05) is 0 Å². The molecule has 0 aromatic heterocycles. The minimum absolute atomic E-state index is 0.163. The molecule has 17 heteroatoms. The van der Waals surface area contributed by atoms with Gasteiger partial charge in [-0.3, -0.25) is 13.7 Å². The lowest BCUT2D eigenvalue weighted by Gasteiger charge is -2.18. The van der Waals surface area contributed by atoms with Crippen molar-refractivity contribution in [2.45, 2.75) is 19.3 Å². The monoisotopic (exact) mass is 536 g/mol. The van der Waals surface area contributed by atoms with Crippen LogP contribution in [-0.2, 0) is 30.4 Å². The van der Waals surface area contributed by atoms with Gasteiger partial charge in [-0.2, -0.15) is 25.3 Å². The second kappa shape index (κ2) is 12.3. The maximum absolute atomic E-state index is 11.4. The summed E-state index contributed by atoms with van der Waals surface area (Å²) < 4.78 is 108. The van der Waals surface area contributed by atoms with Crippen molar-refractivity contribution in [2.75, 3.05) is 37.1 Å². The molecule has 1 aromatic rings. The molecule has 0 saturated heterocycles. The molecule has 0 aliphatic carbocycles. The van der Waals surface area contributed by atoms with Crippen molar-refractivity contribution in [1.29, 1.82) is 0 Å². The Morgan fingerprint density at radius 3 is 1.30 bits per heavy atom. The first kappa shape index (κ1) is 28.9. The van der Waals surface area contributed by atoms with E-state index in [4.69, 9.17) is 27.9 Å². The number of rotatable bonds is 16. The maximum atomic E-state index is 11.4. The van der Waals surface area contributed by atoms with Crippen LogP contribution in [0.2, 0.25) is 0 Å². The van der Waals surface area contributed by atoms with Gasteiger partial charge in [0, 0.05) is 0 Å². The van der Waals surface area contributed by atoms with Crippen molar-refractivity contribution < 1.29 is 63.0 Å². The van der Waals surface area contributed by atoms with Crippen molar-refractivity contribution in [3.05, 3.63) is 17.7 Å². The summed E-state index contributed by atoms with van der Waals surface area (Å²) in [6.45, 7) is -0.853. The molecule has 0 unspecified atom stereocenters. The predicted octanol–water partition coefficient (Wildman–Crippen LogP) is 0.355. The number of aromatic carboxylic acids is 1. The molecule has 0 fully saturated rings. The molecular formula is C16H24O14S3. The van der Waals surface area contributed by atoms with Gasteiger partial charge in [-0.15, -0.1) is 0 Å². The topological polar surface area (TPSA) is 228 Å². The lowest BCUT2D eigenvalue weighted by atomic mass is 10.2. The second-order valence-corrected chi connectivity index (χ2v) is 11.3. The smallest absolute Gasteiger partial charge is 0.335 e. The van der Waals surface area contributed by atoms with E-state index in [0.29, 0.717) is 0 Å². The van der Waals surface area contributed by atoms with Gasteiger partial charge in [0.2, 0.25) is 5.75 Å². The molecule has 33 heavy (non-hydrogen) atoms. The van der Waals surface area contributed by atoms with Crippen molar-refractivity contribution in [3.8, 4) is 17.2 Å². The number of ether oxygens (including phenoxy) is 3. The summed E-state index contributed by atoms with van der Waals surface area (Å²) in [5.41, 5.74) is -0.324. The van der Waals surface area contributed by atoms with E-state index in [0.717, 1.165) is 12.1 Å². The molecule has 1 aromatic carbocycles. The van der Waals surface area contributed by atoms with Gasteiger partial charge < -0.3 is 19.3 Å². The average Bonchev–Trinajstić information content (AvgIpc) is 2.64. The first-order chi connectivity index (χ1) is 15.1. The number of benzene rings is 1. The van der Waals surface area contributed by atoms with Crippen LogP contribution in [0.3, 0.4) is 0 Å². The second-order valence-electron chi connectivity index (χ2n) is 6.57. The number of carboxylic acid groups (broad SMARTS) is 1. The van der Waals surface area contributed by atoms with Gasteiger partial charge in [0.05, 0.1) is 42.6 Å². The molecule has 0 spiro atoms. The molecule has 1 rings (SSSR count). The zero-order valence-corrected chi connectivity index (χ0v) is 19.6. The summed E-state index contributed by atoms with van der Waals surface area (Å²) in [5, 5.41) is 9.31. The Labute approximate surface area is 190 Å². The highest BCUT2D eigenvalue weighted by Crippen LogP contribution is 2.39. The van der Waals surface area contributed by atoms with Crippen molar-refractivity contribution >= 4 is 36.3 Å². The fraction of sp³-hybridized carbons (Fsp3) is 0.562. The Kier molecular flexibility index (Phi) is 10.8. The first-order valence-electron chi connectivity index (χ1n) is 9.22. The largest absolute Gasteiger partial charge is 0.489 e. The summed E-state index contributed by atoms with van der Waals surface area (Å²) in [6.07, 6.45) is -0.490. The fourth-order valence-corrected chi connectivity index (χ4v) is 3.77. The zero-order valence-electron chi connectivity index (χ0n) is 17.1. The van der Waals surface area contributed by atoms with Crippen LogP contribution in [-0.4, -0.2) is 87.1 Å². The van der Waals surface area contributed by atoms with E-state index in [2.05, 4.69) is 0 Å². The lowest BCUT2D eigenvalue weighted by molar-refractivity contribution is 0.0695. The van der Waals surface area contributed by atoms with Crippen LogP contribution >= 0.6 is 0 Å². The SMILES string of the molecule is O=C(O)c1cc(OCCCS(=O)(=O)O)c(OCCCS(=O)(=O)O)c(OCCCS(=O)(=O)O)c1. The molecule has 0 heterocycles. The third-order valence-corrected chi connectivity index (χ3v) is 6.08. The Morgan fingerprint density at radius 2 is 1.00 bits per heavy atom. The predicted molar refractivity (Wildman–Crippen MR) is 113 cm³/mol. The van der Waals surface area contributed by atoms with Gasteiger partial charge in [0.1, 0.15) is 0 Å². The molecule has 0 bridgehead atoms. The highest BCUT2D eigenvalue weighted by molar-refractivity contribution is 7.86. The standard InChI is InChI=1S/C16H24O14S3/c17-16(18)12-10-13(28-4-1-7-31(19,20)21)15(30-6-3-9-33(25,26)27)14(11-12)29-5-2-8-32(22,23)24/h10-11H,1-9H2,(H,17,18)(H,19,20,21)(H,22,23,24)(H,25,26,27). The number of hydrogen-bond acceptors (Lipinski definition) is 10. The van der Waals surface area contributed by atoms with E-state index in [9.17, 15) is 35.2 Å². The Morgan fingerprint density at radius 1 is 0.667 bits per heavy atom. The Balaban J connectivity index is 3.12. The molecule has 0 radical (unpaired) electrons. The molecule has 0 atom stereocenters. The van der Waals surface area contributed by atoms with Crippen LogP contribution in [0.15, 0.2) is 12.1 Å². The molecule has 0 aliphatic heterocycles. The third kappa shape index (κ3) is 13.2. The minimum Gasteiger partial charge on any atom is -0.489 e. The molecule has 190 valence electrons. The summed E-state index contributed by atoms with van der Waals surface area (Å²) in [7, 11) is -12.8. The average molecular weight is 537 g/mol. The Hall–Kier alpha value is -2.18. The van der Waals surface area contributed by atoms with Gasteiger partial charge in [-0.25, -0.2) is 4.79 Å². The zero-order chi connectivity index (χ0) is 25.3. The summed E-state index contributed by atoms with van der Waals surface area (Å²) in [4.78, 5) is 11.4. The first-order valence-corrected chi connectivity index (χ1v) is 14.1. The maximum Gasteiger partial charge on any atom is 0.335 e. The molecule has 4 N–H and O–H groups in total. The Bertz CT molecular complexity index is 1060. The normalized spacial score (nSPS) is 12.3. The lowest BCUT2D eigenvalue weighted by Crippen LogP contribution is -2.13.